The van der Waals surface area contributed by atoms with E-state index in [2.05, 4.69) is 24.1 Å². The molecule has 0 radical (unpaired) electrons. The molecule has 17 heavy (non-hydrogen) atoms. The van der Waals surface area contributed by atoms with Crippen molar-refractivity contribution in [1.82, 2.24) is 0 Å². The van der Waals surface area contributed by atoms with E-state index in [1.807, 2.05) is 0 Å². The summed E-state index contributed by atoms with van der Waals surface area (Å²) >= 11 is 0. The van der Waals surface area contributed by atoms with Gasteiger partial charge in [-0.2, -0.15) is 0 Å². The van der Waals surface area contributed by atoms with Crippen molar-refractivity contribution < 1.29 is 9.13 Å². The number of ether oxygens (including phenoxy) is 1. The van der Waals surface area contributed by atoms with Crippen LogP contribution in [0.2, 0.25) is 0 Å². The van der Waals surface area contributed by atoms with Crippen molar-refractivity contribution in [2.45, 2.75) is 26.2 Å². The van der Waals surface area contributed by atoms with Crippen LogP contribution in [0.3, 0.4) is 0 Å². The van der Waals surface area contributed by atoms with Crippen LogP contribution in [-0.2, 0) is 0 Å². The Morgan fingerprint density at radius 1 is 1.35 bits per heavy atom. The normalized spacial score (nSPS) is 9.35. The lowest BCUT2D eigenvalue weighted by Crippen LogP contribution is -1.99. The van der Waals surface area contributed by atoms with Crippen molar-refractivity contribution >= 4 is 5.69 Å². The van der Waals surface area contributed by atoms with Crippen LogP contribution < -0.4 is 10.1 Å². The number of hydrogen-bond acceptors (Lipinski definition) is 2. The summed E-state index contributed by atoms with van der Waals surface area (Å²) in [5.74, 6) is 5.73. The highest BCUT2D eigenvalue weighted by atomic mass is 19.1. The fourth-order valence-corrected chi connectivity index (χ4v) is 1.33. The predicted octanol–water partition coefficient (Wildman–Crippen LogP) is 3.44. The Kier molecular flexibility index (Phi) is 5.95. The summed E-state index contributed by atoms with van der Waals surface area (Å²) in [4.78, 5) is 0. The zero-order chi connectivity index (χ0) is 12.5. The molecule has 0 bridgehead atoms. The molecule has 0 unspecified atom stereocenters. The molecule has 0 spiro atoms. The molecule has 0 saturated heterocycles. The Morgan fingerprint density at radius 3 is 2.88 bits per heavy atom. The van der Waals surface area contributed by atoms with Crippen LogP contribution in [0.25, 0.3) is 0 Å². The third kappa shape index (κ3) is 4.36. The highest BCUT2D eigenvalue weighted by Gasteiger charge is 2.06. The van der Waals surface area contributed by atoms with Crippen molar-refractivity contribution in [2.75, 3.05) is 19.0 Å². The molecule has 0 saturated carbocycles. The van der Waals surface area contributed by atoms with E-state index < -0.39 is 0 Å². The maximum absolute atomic E-state index is 13.7. The average Bonchev–Trinajstić information content (AvgIpc) is 2.35. The Morgan fingerprint density at radius 2 is 2.18 bits per heavy atom. The second-order valence-corrected chi connectivity index (χ2v) is 3.61. The summed E-state index contributed by atoms with van der Waals surface area (Å²) in [6.07, 6.45) is 3.10. The minimum absolute atomic E-state index is 0.230. The van der Waals surface area contributed by atoms with E-state index in [1.54, 1.807) is 25.2 Å². The summed E-state index contributed by atoms with van der Waals surface area (Å²) in [5, 5.41) is 2.76. The zero-order valence-corrected chi connectivity index (χ0v) is 10.3. The number of nitrogens with one attached hydrogen (secondary N) is 1. The van der Waals surface area contributed by atoms with Gasteiger partial charge in [-0.1, -0.05) is 31.3 Å². The van der Waals surface area contributed by atoms with Crippen molar-refractivity contribution in [2.24, 2.45) is 0 Å². The minimum atomic E-state index is -0.370. The molecule has 92 valence electrons. The molecule has 0 heterocycles. The average molecular weight is 235 g/mol. The molecule has 0 amide bonds. The smallest absolute Gasteiger partial charge is 0.188 e. The number of rotatable bonds is 5. The molecule has 0 aliphatic carbocycles. The monoisotopic (exact) mass is 235 g/mol. The summed E-state index contributed by atoms with van der Waals surface area (Å²) in [6.45, 7) is 2.35. The number of anilines is 1. The van der Waals surface area contributed by atoms with Gasteiger partial charge in [-0.15, -0.1) is 0 Å². The van der Waals surface area contributed by atoms with E-state index in [-0.39, 0.29) is 18.2 Å². The molecule has 1 N–H and O–H groups in total. The zero-order valence-electron chi connectivity index (χ0n) is 10.3. The topological polar surface area (TPSA) is 21.3 Å². The Labute approximate surface area is 102 Å². The van der Waals surface area contributed by atoms with E-state index in [9.17, 15) is 4.39 Å². The molecule has 0 fully saturated rings. The maximum Gasteiger partial charge on any atom is 0.188 e. The Balaban J connectivity index is 2.48. The minimum Gasteiger partial charge on any atom is -0.478 e. The largest absolute Gasteiger partial charge is 0.478 e. The molecule has 1 aromatic rings. The lowest BCUT2D eigenvalue weighted by molar-refractivity contribution is 0.348. The van der Waals surface area contributed by atoms with E-state index in [0.717, 1.165) is 19.3 Å². The van der Waals surface area contributed by atoms with Gasteiger partial charge in [0.25, 0.3) is 0 Å². The molecule has 1 aromatic carbocycles. The van der Waals surface area contributed by atoms with Crippen molar-refractivity contribution in [3.63, 3.8) is 0 Å². The molecule has 0 aromatic heterocycles. The Bertz CT molecular complexity index is 406. The second-order valence-electron chi connectivity index (χ2n) is 3.61. The number of halogens is 1. The van der Waals surface area contributed by atoms with Crippen LogP contribution in [0, 0.1) is 17.7 Å². The van der Waals surface area contributed by atoms with Crippen LogP contribution in [0.4, 0.5) is 10.1 Å². The fourth-order valence-electron chi connectivity index (χ4n) is 1.33. The van der Waals surface area contributed by atoms with E-state index in [4.69, 9.17) is 4.74 Å². The van der Waals surface area contributed by atoms with Gasteiger partial charge in [-0.25, -0.2) is 4.39 Å². The molecule has 0 aliphatic rings. The molecular weight excluding hydrogens is 217 g/mol. The molecule has 2 nitrogen and oxygen atoms in total. The molecule has 1 rings (SSSR count). The van der Waals surface area contributed by atoms with Gasteiger partial charge < -0.3 is 10.1 Å². The maximum atomic E-state index is 13.7. The molecule has 3 heteroatoms. The standard InChI is InChI=1S/C14H18FNO/c1-3-4-5-6-7-11-17-13-10-8-9-12(16-2)14(13)15/h8-10,16H,3-5,11H2,1-2H3. The highest BCUT2D eigenvalue weighted by molar-refractivity contribution is 5.49. The van der Waals surface area contributed by atoms with Gasteiger partial charge in [0.15, 0.2) is 11.6 Å². The fraction of sp³-hybridized carbons (Fsp3) is 0.429. The van der Waals surface area contributed by atoms with Crippen molar-refractivity contribution in [1.29, 1.82) is 0 Å². The lowest BCUT2D eigenvalue weighted by Gasteiger charge is -2.07. The predicted molar refractivity (Wildman–Crippen MR) is 68.7 cm³/mol. The van der Waals surface area contributed by atoms with Crippen LogP contribution in [0.1, 0.15) is 26.2 Å². The van der Waals surface area contributed by atoms with E-state index in [1.165, 1.54) is 0 Å². The van der Waals surface area contributed by atoms with Gasteiger partial charge in [0, 0.05) is 13.5 Å². The van der Waals surface area contributed by atoms with Crippen LogP contribution in [-0.4, -0.2) is 13.7 Å². The van der Waals surface area contributed by atoms with E-state index >= 15 is 0 Å². The first-order valence-electron chi connectivity index (χ1n) is 5.84. The van der Waals surface area contributed by atoms with Crippen LogP contribution in [0.15, 0.2) is 18.2 Å². The lowest BCUT2D eigenvalue weighted by atomic mass is 10.2. The summed E-state index contributed by atoms with van der Waals surface area (Å²) in [7, 11) is 1.67. The van der Waals surface area contributed by atoms with Gasteiger partial charge in [-0.05, 0) is 18.6 Å². The molecule has 0 atom stereocenters. The number of unbranched alkanes of at least 4 members (excludes halogenated alkanes) is 2. The third-order valence-electron chi connectivity index (χ3n) is 2.31. The highest BCUT2D eigenvalue weighted by Crippen LogP contribution is 2.23. The first-order valence-corrected chi connectivity index (χ1v) is 5.84. The molecule has 0 aliphatic heterocycles. The Hall–Kier alpha value is -1.69. The molecular formula is C14H18FNO. The van der Waals surface area contributed by atoms with Crippen LogP contribution in [0.5, 0.6) is 5.75 Å². The first-order chi connectivity index (χ1) is 8.29. The van der Waals surface area contributed by atoms with Crippen molar-refractivity contribution in [3.05, 3.63) is 24.0 Å². The summed E-state index contributed by atoms with van der Waals surface area (Å²) in [5.41, 5.74) is 0.432. The quantitative estimate of drug-likeness (QED) is 0.623. The number of hydrogen-bond donors (Lipinski definition) is 1. The summed E-state index contributed by atoms with van der Waals surface area (Å²) < 4.78 is 18.9. The first kappa shape index (κ1) is 13.4. The van der Waals surface area contributed by atoms with Crippen LogP contribution >= 0.6 is 0 Å². The van der Waals surface area contributed by atoms with Gasteiger partial charge in [0.1, 0.15) is 6.61 Å². The van der Waals surface area contributed by atoms with Crippen molar-refractivity contribution in [3.8, 4) is 17.6 Å². The summed E-state index contributed by atoms with van der Waals surface area (Å²) in [6, 6.07) is 5.01. The third-order valence-corrected chi connectivity index (χ3v) is 2.31. The number of benzene rings is 1. The van der Waals surface area contributed by atoms with E-state index in [0.29, 0.717) is 5.69 Å². The SMILES string of the molecule is CCCCC#CCOc1cccc(NC)c1F. The van der Waals surface area contributed by atoms with Gasteiger partial charge in [0.05, 0.1) is 5.69 Å². The second kappa shape index (κ2) is 7.56. The van der Waals surface area contributed by atoms with Gasteiger partial charge >= 0.3 is 0 Å². The van der Waals surface area contributed by atoms with Gasteiger partial charge in [0.2, 0.25) is 0 Å². The van der Waals surface area contributed by atoms with Gasteiger partial charge in [-0.3, -0.25) is 0 Å².